The molecule has 0 N–H and O–H groups in total. The van der Waals surface area contributed by atoms with Gasteiger partial charge in [-0.25, -0.2) is 0 Å². The van der Waals surface area contributed by atoms with E-state index >= 15 is 0 Å². The summed E-state index contributed by atoms with van der Waals surface area (Å²) in [6, 6.07) is 24.6. The highest BCUT2D eigenvalue weighted by molar-refractivity contribution is 6.09. The third-order valence-electron chi connectivity index (χ3n) is 5.20. The van der Waals surface area contributed by atoms with Crippen molar-refractivity contribution in [2.45, 2.75) is 32.1 Å². The summed E-state index contributed by atoms with van der Waals surface area (Å²) in [4.78, 5) is 15.4. The maximum absolute atomic E-state index is 13.5. The largest absolute Gasteiger partial charge is 0.280 e. The van der Waals surface area contributed by atoms with E-state index in [1.54, 1.807) is 0 Å². The number of nitrogens with zero attached hydrogens (tertiary/aromatic N) is 1. The van der Waals surface area contributed by atoms with Crippen molar-refractivity contribution in [2.24, 2.45) is 5.92 Å². The Morgan fingerprint density at radius 2 is 1.44 bits per heavy atom. The predicted molar refractivity (Wildman–Crippen MR) is 104 cm³/mol. The number of benzene rings is 3. The minimum absolute atomic E-state index is 0.132. The average Bonchev–Trinajstić information content (AvgIpc) is 2.70. The fourth-order valence-corrected chi connectivity index (χ4v) is 3.90. The molecule has 126 valence electrons. The van der Waals surface area contributed by atoms with Crippen LogP contribution >= 0.6 is 0 Å². The molecule has 1 aliphatic rings. The second-order valence-electron chi connectivity index (χ2n) is 6.84. The topological polar surface area (TPSA) is 20.3 Å². The first-order valence-corrected chi connectivity index (χ1v) is 9.21. The van der Waals surface area contributed by atoms with Gasteiger partial charge in [0.2, 0.25) is 5.91 Å². The summed E-state index contributed by atoms with van der Waals surface area (Å²) in [5.41, 5.74) is 1.94. The number of carbonyl (C=O) groups is 1. The molecule has 25 heavy (non-hydrogen) atoms. The fraction of sp³-hybridized carbons (Fsp3) is 0.261. The Balaban J connectivity index is 1.84. The number of rotatable bonds is 3. The Morgan fingerprint density at radius 3 is 2.24 bits per heavy atom. The van der Waals surface area contributed by atoms with Gasteiger partial charge in [0.05, 0.1) is 5.69 Å². The molecule has 3 aromatic rings. The number of carbonyl (C=O) groups excluding carboxylic acids is 1. The minimum atomic E-state index is 0.132. The smallest absolute Gasteiger partial charge is 0.234 e. The summed E-state index contributed by atoms with van der Waals surface area (Å²) in [6.45, 7) is 0. The Bertz CT molecular complexity index is 860. The second kappa shape index (κ2) is 7.10. The number of hydrogen-bond donors (Lipinski definition) is 0. The van der Waals surface area contributed by atoms with Crippen LogP contribution in [-0.4, -0.2) is 5.91 Å². The van der Waals surface area contributed by atoms with Crippen LogP contribution in [0.5, 0.6) is 0 Å². The van der Waals surface area contributed by atoms with Crippen molar-refractivity contribution in [3.63, 3.8) is 0 Å². The van der Waals surface area contributed by atoms with Gasteiger partial charge in [-0.3, -0.25) is 9.69 Å². The molecule has 0 aromatic heterocycles. The maximum atomic E-state index is 13.5. The first-order valence-electron chi connectivity index (χ1n) is 9.21. The molecule has 0 heterocycles. The van der Waals surface area contributed by atoms with Gasteiger partial charge in [-0.1, -0.05) is 73.9 Å². The van der Waals surface area contributed by atoms with E-state index in [0.717, 1.165) is 47.8 Å². The van der Waals surface area contributed by atoms with E-state index in [4.69, 9.17) is 0 Å². The van der Waals surface area contributed by atoms with Crippen molar-refractivity contribution in [1.29, 1.82) is 0 Å². The van der Waals surface area contributed by atoms with Crippen LogP contribution in [0.15, 0.2) is 72.8 Å². The molecule has 1 saturated carbocycles. The van der Waals surface area contributed by atoms with Gasteiger partial charge in [-0.15, -0.1) is 0 Å². The minimum Gasteiger partial charge on any atom is -0.280 e. The summed E-state index contributed by atoms with van der Waals surface area (Å²) < 4.78 is 0. The van der Waals surface area contributed by atoms with Crippen LogP contribution in [0.4, 0.5) is 11.4 Å². The van der Waals surface area contributed by atoms with Crippen molar-refractivity contribution in [3.8, 4) is 0 Å². The van der Waals surface area contributed by atoms with Crippen LogP contribution in [0, 0.1) is 5.92 Å². The molecule has 0 bridgehead atoms. The van der Waals surface area contributed by atoms with E-state index in [-0.39, 0.29) is 11.8 Å². The van der Waals surface area contributed by atoms with Crippen LogP contribution in [0.25, 0.3) is 10.8 Å². The summed E-state index contributed by atoms with van der Waals surface area (Å²) in [5, 5.41) is 2.29. The van der Waals surface area contributed by atoms with E-state index in [0.29, 0.717) is 0 Å². The number of anilines is 2. The fourth-order valence-electron chi connectivity index (χ4n) is 3.90. The van der Waals surface area contributed by atoms with Crippen LogP contribution in [0.2, 0.25) is 0 Å². The van der Waals surface area contributed by atoms with Crippen molar-refractivity contribution in [3.05, 3.63) is 72.8 Å². The molecule has 0 saturated heterocycles. The van der Waals surface area contributed by atoms with Crippen molar-refractivity contribution in [1.82, 2.24) is 0 Å². The van der Waals surface area contributed by atoms with E-state index < -0.39 is 0 Å². The van der Waals surface area contributed by atoms with Gasteiger partial charge in [0.25, 0.3) is 0 Å². The lowest BCUT2D eigenvalue weighted by atomic mass is 9.88. The highest BCUT2D eigenvalue weighted by Crippen LogP contribution is 2.36. The van der Waals surface area contributed by atoms with E-state index in [9.17, 15) is 4.79 Å². The lowest BCUT2D eigenvalue weighted by Crippen LogP contribution is -2.33. The molecule has 1 amide bonds. The number of para-hydroxylation sites is 1. The molecular weight excluding hydrogens is 306 g/mol. The second-order valence-corrected chi connectivity index (χ2v) is 6.84. The lowest BCUT2D eigenvalue weighted by Gasteiger charge is -2.30. The monoisotopic (exact) mass is 329 g/mol. The molecule has 3 aromatic carbocycles. The molecular formula is C23H23NO. The zero-order valence-electron chi connectivity index (χ0n) is 14.4. The Labute approximate surface area is 149 Å². The van der Waals surface area contributed by atoms with E-state index in [2.05, 4.69) is 24.3 Å². The van der Waals surface area contributed by atoms with E-state index in [1.807, 2.05) is 53.4 Å². The van der Waals surface area contributed by atoms with Crippen LogP contribution < -0.4 is 4.90 Å². The first kappa shape index (κ1) is 15.9. The summed E-state index contributed by atoms with van der Waals surface area (Å²) in [6.07, 6.45) is 5.59. The molecule has 1 fully saturated rings. The number of hydrogen-bond acceptors (Lipinski definition) is 1. The molecule has 2 nitrogen and oxygen atoms in total. The normalized spacial score (nSPS) is 15.2. The van der Waals surface area contributed by atoms with Crippen LogP contribution in [0.1, 0.15) is 32.1 Å². The maximum Gasteiger partial charge on any atom is 0.234 e. The number of fused-ring (bicyclic) bond motifs is 1. The van der Waals surface area contributed by atoms with Crippen LogP contribution in [0.3, 0.4) is 0 Å². The average molecular weight is 329 g/mol. The SMILES string of the molecule is O=C(C1CCCCC1)N(c1ccccc1)c1cccc2ccccc12. The molecule has 0 spiro atoms. The van der Waals surface area contributed by atoms with Gasteiger partial charge in [0.15, 0.2) is 0 Å². The lowest BCUT2D eigenvalue weighted by molar-refractivity contribution is -0.122. The summed E-state index contributed by atoms with van der Waals surface area (Å²) in [5.74, 6) is 0.371. The third kappa shape index (κ3) is 3.17. The standard InChI is InChI=1S/C23H23NO/c25-23(19-11-3-1-4-12-19)24(20-14-5-2-6-15-20)22-17-9-13-18-10-7-8-16-21(18)22/h2,5-10,13-17,19H,1,3-4,11-12H2. The molecule has 0 atom stereocenters. The summed E-state index contributed by atoms with van der Waals surface area (Å²) in [7, 11) is 0. The molecule has 0 radical (unpaired) electrons. The van der Waals surface area contributed by atoms with Gasteiger partial charge >= 0.3 is 0 Å². The molecule has 2 heteroatoms. The quantitative estimate of drug-likeness (QED) is 0.570. The Kier molecular flexibility index (Phi) is 4.51. The van der Waals surface area contributed by atoms with Crippen molar-refractivity contribution in [2.75, 3.05) is 4.90 Å². The van der Waals surface area contributed by atoms with Gasteiger partial charge in [-0.05, 0) is 36.4 Å². The van der Waals surface area contributed by atoms with Gasteiger partial charge in [-0.2, -0.15) is 0 Å². The highest BCUT2D eigenvalue weighted by Gasteiger charge is 2.28. The van der Waals surface area contributed by atoms with Crippen molar-refractivity contribution >= 4 is 28.1 Å². The zero-order valence-corrected chi connectivity index (χ0v) is 14.4. The first-order chi connectivity index (χ1) is 12.3. The highest BCUT2D eigenvalue weighted by atomic mass is 16.2. The number of amides is 1. The van der Waals surface area contributed by atoms with Gasteiger partial charge < -0.3 is 0 Å². The van der Waals surface area contributed by atoms with Gasteiger partial charge in [0.1, 0.15) is 0 Å². The summed E-state index contributed by atoms with van der Waals surface area (Å²) >= 11 is 0. The molecule has 1 aliphatic carbocycles. The zero-order chi connectivity index (χ0) is 17.1. The Morgan fingerprint density at radius 1 is 0.760 bits per heavy atom. The predicted octanol–water partition coefficient (Wildman–Crippen LogP) is 6.08. The van der Waals surface area contributed by atoms with Gasteiger partial charge in [0, 0.05) is 17.0 Å². The molecule has 0 aliphatic heterocycles. The van der Waals surface area contributed by atoms with E-state index in [1.165, 1.54) is 6.42 Å². The Hall–Kier alpha value is -2.61. The molecule has 4 rings (SSSR count). The van der Waals surface area contributed by atoms with Crippen LogP contribution in [-0.2, 0) is 4.79 Å². The third-order valence-corrected chi connectivity index (χ3v) is 5.20. The molecule has 0 unspecified atom stereocenters. The van der Waals surface area contributed by atoms with Crippen molar-refractivity contribution < 1.29 is 4.79 Å².